The Balaban J connectivity index is 2.69. The Labute approximate surface area is 128 Å². The average Bonchev–Trinajstić information content (AvgIpc) is 2.40. The van der Waals surface area contributed by atoms with Crippen molar-refractivity contribution in [3.05, 3.63) is 68.7 Å². The molecule has 0 spiro atoms. The summed E-state index contributed by atoms with van der Waals surface area (Å²) in [6, 6.07) is 3.18. The minimum absolute atomic E-state index is 0.199. The third-order valence-electron chi connectivity index (χ3n) is 3.23. The van der Waals surface area contributed by atoms with E-state index in [4.69, 9.17) is 0 Å². The monoisotopic (exact) mass is 361 g/mol. The van der Waals surface area contributed by atoms with Crippen LogP contribution in [0.1, 0.15) is 22.7 Å². The highest BCUT2D eigenvalue weighted by atomic mass is 79.9. The van der Waals surface area contributed by atoms with Crippen LogP contribution < -0.4 is 5.32 Å². The highest BCUT2D eigenvalue weighted by Crippen LogP contribution is 2.32. The van der Waals surface area contributed by atoms with E-state index in [1.165, 1.54) is 20.0 Å². The van der Waals surface area contributed by atoms with Crippen molar-refractivity contribution in [3.8, 4) is 0 Å². The summed E-state index contributed by atoms with van der Waals surface area (Å²) in [6.45, 7) is 1.46. The van der Waals surface area contributed by atoms with E-state index in [1.54, 1.807) is 0 Å². The van der Waals surface area contributed by atoms with Crippen molar-refractivity contribution in [2.45, 2.75) is 13.0 Å². The SMILES string of the molecule is CNC(c1c(F)cc(Br)cc1F)c1c(F)ccc(C)c1F. The number of nitrogens with one attached hydrogen (secondary N) is 1. The van der Waals surface area contributed by atoms with E-state index < -0.39 is 40.4 Å². The number of aryl methyl sites for hydroxylation is 1. The lowest BCUT2D eigenvalue weighted by molar-refractivity contribution is 0.482. The van der Waals surface area contributed by atoms with E-state index in [0.717, 1.165) is 18.2 Å². The summed E-state index contributed by atoms with van der Waals surface area (Å²) >= 11 is 2.97. The zero-order valence-electron chi connectivity index (χ0n) is 11.3. The molecular weight excluding hydrogens is 350 g/mol. The molecule has 0 saturated heterocycles. The molecule has 0 heterocycles. The van der Waals surface area contributed by atoms with Crippen LogP contribution in [-0.2, 0) is 0 Å². The largest absolute Gasteiger partial charge is 0.309 e. The van der Waals surface area contributed by atoms with E-state index in [2.05, 4.69) is 21.2 Å². The fourth-order valence-electron chi connectivity index (χ4n) is 2.21. The highest BCUT2D eigenvalue weighted by Gasteiger charge is 2.27. The van der Waals surface area contributed by atoms with E-state index >= 15 is 0 Å². The molecule has 0 aliphatic heterocycles. The molecule has 0 amide bonds. The normalized spacial score (nSPS) is 12.5. The maximum Gasteiger partial charge on any atom is 0.134 e. The smallest absolute Gasteiger partial charge is 0.134 e. The zero-order chi connectivity index (χ0) is 15.7. The predicted molar refractivity (Wildman–Crippen MR) is 76.1 cm³/mol. The Hall–Kier alpha value is -1.40. The second kappa shape index (κ2) is 6.15. The van der Waals surface area contributed by atoms with Crippen molar-refractivity contribution in [2.75, 3.05) is 7.05 Å². The summed E-state index contributed by atoms with van der Waals surface area (Å²) in [5, 5.41) is 2.57. The van der Waals surface area contributed by atoms with Crippen LogP contribution in [0.2, 0.25) is 0 Å². The fraction of sp³-hybridized carbons (Fsp3) is 0.200. The van der Waals surface area contributed by atoms with E-state index in [9.17, 15) is 17.6 Å². The van der Waals surface area contributed by atoms with Crippen molar-refractivity contribution in [1.82, 2.24) is 5.32 Å². The molecule has 2 aromatic rings. The molecule has 0 fully saturated rings. The summed E-state index contributed by atoms with van der Waals surface area (Å²) in [5.41, 5.74) is -0.633. The zero-order valence-corrected chi connectivity index (χ0v) is 12.9. The van der Waals surface area contributed by atoms with Gasteiger partial charge in [-0.2, -0.15) is 0 Å². The van der Waals surface area contributed by atoms with Gasteiger partial charge in [0.2, 0.25) is 0 Å². The Morgan fingerprint density at radius 1 is 0.952 bits per heavy atom. The van der Waals surface area contributed by atoms with Gasteiger partial charge in [-0.15, -0.1) is 0 Å². The maximum atomic E-state index is 14.2. The summed E-state index contributed by atoms with van der Waals surface area (Å²) in [5.74, 6) is -3.46. The molecule has 0 saturated carbocycles. The quantitative estimate of drug-likeness (QED) is 0.786. The van der Waals surface area contributed by atoms with E-state index in [1.807, 2.05) is 0 Å². The summed E-state index contributed by atoms with van der Waals surface area (Å²) in [4.78, 5) is 0. The Morgan fingerprint density at radius 2 is 1.52 bits per heavy atom. The van der Waals surface area contributed by atoms with Crippen LogP contribution in [0.15, 0.2) is 28.7 Å². The van der Waals surface area contributed by atoms with Crippen molar-refractivity contribution >= 4 is 15.9 Å². The molecule has 1 unspecified atom stereocenters. The molecule has 0 bridgehead atoms. The third-order valence-corrected chi connectivity index (χ3v) is 3.69. The molecule has 6 heteroatoms. The lowest BCUT2D eigenvalue weighted by atomic mass is 9.95. The van der Waals surface area contributed by atoms with Gasteiger partial charge < -0.3 is 5.32 Å². The standard InChI is InChI=1S/C15H12BrF4N/c1-7-3-4-9(17)13(14(7)20)15(21-2)12-10(18)5-8(16)6-11(12)19/h3-6,15,21H,1-2H3. The van der Waals surface area contributed by atoms with Crippen LogP contribution in [0.25, 0.3) is 0 Å². The second-order valence-corrected chi connectivity index (χ2v) is 5.51. The van der Waals surface area contributed by atoms with Gasteiger partial charge in [0.1, 0.15) is 23.3 Å². The van der Waals surface area contributed by atoms with Gasteiger partial charge in [0.15, 0.2) is 0 Å². The molecule has 112 valence electrons. The maximum absolute atomic E-state index is 14.2. The molecule has 0 aliphatic rings. The number of hydrogen-bond acceptors (Lipinski definition) is 1. The number of halogens is 5. The van der Waals surface area contributed by atoms with Gasteiger partial charge in [0.05, 0.1) is 6.04 Å². The lowest BCUT2D eigenvalue weighted by Crippen LogP contribution is -2.23. The van der Waals surface area contributed by atoms with Crippen LogP contribution in [0.3, 0.4) is 0 Å². The van der Waals surface area contributed by atoms with Crippen molar-refractivity contribution in [3.63, 3.8) is 0 Å². The van der Waals surface area contributed by atoms with Gasteiger partial charge in [-0.1, -0.05) is 22.0 Å². The lowest BCUT2D eigenvalue weighted by Gasteiger charge is -2.20. The van der Waals surface area contributed by atoms with Gasteiger partial charge in [0, 0.05) is 15.6 Å². The Bertz CT molecular complexity index is 665. The van der Waals surface area contributed by atoms with Crippen LogP contribution in [-0.4, -0.2) is 7.05 Å². The van der Waals surface area contributed by atoms with Gasteiger partial charge in [-0.05, 0) is 37.7 Å². The first-order valence-electron chi connectivity index (χ1n) is 6.13. The fourth-order valence-corrected chi connectivity index (χ4v) is 2.61. The molecule has 1 nitrogen and oxygen atoms in total. The summed E-state index contributed by atoms with van der Waals surface area (Å²) in [6.07, 6.45) is 0. The first kappa shape index (κ1) is 16.0. The van der Waals surface area contributed by atoms with Gasteiger partial charge >= 0.3 is 0 Å². The summed E-state index contributed by atoms with van der Waals surface area (Å²) < 4.78 is 56.5. The Kier molecular flexibility index (Phi) is 4.68. The average molecular weight is 362 g/mol. The van der Waals surface area contributed by atoms with Crippen molar-refractivity contribution < 1.29 is 17.6 Å². The van der Waals surface area contributed by atoms with E-state index in [0.29, 0.717) is 0 Å². The van der Waals surface area contributed by atoms with E-state index in [-0.39, 0.29) is 10.0 Å². The second-order valence-electron chi connectivity index (χ2n) is 4.60. The third kappa shape index (κ3) is 2.96. The minimum atomic E-state index is -1.27. The molecular formula is C15H12BrF4N. The predicted octanol–water partition coefficient (Wildman–Crippen LogP) is 4.62. The topological polar surface area (TPSA) is 12.0 Å². The molecule has 1 N–H and O–H groups in total. The molecule has 0 aromatic heterocycles. The molecule has 1 atom stereocenters. The van der Waals surface area contributed by atoms with Crippen LogP contribution in [0.5, 0.6) is 0 Å². The first-order chi connectivity index (χ1) is 9.86. The van der Waals surface area contributed by atoms with Crippen LogP contribution in [0.4, 0.5) is 17.6 Å². The first-order valence-corrected chi connectivity index (χ1v) is 6.92. The van der Waals surface area contributed by atoms with Gasteiger partial charge in [-0.3, -0.25) is 0 Å². The molecule has 0 radical (unpaired) electrons. The summed E-state index contributed by atoms with van der Waals surface area (Å²) in [7, 11) is 1.38. The molecule has 21 heavy (non-hydrogen) atoms. The van der Waals surface area contributed by atoms with Gasteiger partial charge in [0.25, 0.3) is 0 Å². The number of hydrogen-bond donors (Lipinski definition) is 1. The molecule has 0 aliphatic carbocycles. The van der Waals surface area contributed by atoms with Crippen LogP contribution in [0, 0.1) is 30.2 Å². The van der Waals surface area contributed by atoms with Crippen molar-refractivity contribution in [2.24, 2.45) is 0 Å². The Morgan fingerprint density at radius 3 is 2.05 bits per heavy atom. The molecule has 2 rings (SSSR count). The highest BCUT2D eigenvalue weighted by molar-refractivity contribution is 9.10. The number of rotatable bonds is 3. The molecule has 2 aromatic carbocycles. The minimum Gasteiger partial charge on any atom is -0.309 e. The van der Waals surface area contributed by atoms with Crippen LogP contribution >= 0.6 is 15.9 Å². The van der Waals surface area contributed by atoms with Gasteiger partial charge in [-0.25, -0.2) is 17.6 Å². The van der Waals surface area contributed by atoms with Crippen molar-refractivity contribution in [1.29, 1.82) is 0 Å². The number of benzene rings is 2.